The summed E-state index contributed by atoms with van der Waals surface area (Å²) in [7, 11) is 0. The molecule has 3 amide bonds. The van der Waals surface area contributed by atoms with Gasteiger partial charge in [0.15, 0.2) is 0 Å². The van der Waals surface area contributed by atoms with Crippen LogP contribution < -0.4 is 15.5 Å². The van der Waals surface area contributed by atoms with Crippen LogP contribution in [0, 0.1) is 6.92 Å². The molecule has 0 spiro atoms. The molecule has 0 saturated carbocycles. The Morgan fingerprint density at radius 1 is 0.839 bits per heavy atom. The number of nitrogens with zero attached hydrogens (tertiary/aromatic N) is 3. The maximum atomic E-state index is 12.7. The van der Waals surface area contributed by atoms with Crippen molar-refractivity contribution >= 4 is 29.1 Å². The molecule has 0 bridgehead atoms. The van der Waals surface area contributed by atoms with E-state index < -0.39 is 0 Å². The number of hydrogen-bond acceptors (Lipinski definition) is 4. The quantitative estimate of drug-likeness (QED) is 0.675. The lowest BCUT2D eigenvalue weighted by Crippen LogP contribution is -2.50. The van der Waals surface area contributed by atoms with Crippen LogP contribution in [-0.2, 0) is 0 Å². The van der Waals surface area contributed by atoms with Crippen LogP contribution in [0.5, 0.6) is 0 Å². The highest BCUT2D eigenvalue weighted by atomic mass is 16.2. The molecule has 158 valence electrons. The number of anilines is 3. The molecule has 4 rings (SSSR count). The first-order valence-electron chi connectivity index (χ1n) is 10.3. The van der Waals surface area contributed by atoms with E-state index in [1.54, 1.807) is 35.2 Å². The Morgan fingerprint density at radius 2 is 1.58 bits per heavy atom. The predicted molar refractivity (Wildman–Crippen MR) is 123 cm³/mol. The zero-order valence-corrected chi connectivity index (χ0v) is 17.4. The molecule has 2 heterocycles. The molecule has 7 nitrogen and oxygen atoms in total. The van der Waals surface area contributed by atoms with Gasteiger partial charge in [-0.25, -0.2) is 9.78 Å². The number of amides is 3. The summed E-state index contributed by atoms with van der Waals surface area (Å²) >= 11 is 0. The van der Waals surface area contributed by atoms with Gasteiger partial charge in [0.05, 0.1) is 0 Å². The Morgan fingerprint density at radius 3 is 2.32 bits per heavy atom. The van der Waals surface area contributed by atoms with Crippen molar-refractivity contribution in [1.29, 1.82) is 0 Å². The maximum Gasteiger partial charge on any atom is 0.321 e. The Hall–Kier alpha value is -3.87. The minimum absolute atomic E-state index is 0.161. The molecule has 2 aromatic carbocycles. The number of carbonyl (C=O) groups is 2. The Bertz CT molecular complexity index is 1060. The van der Waals surface area contributed by atoms with E-state index in [0.29, 0.717) is 30.2 Å². The fraction of sp³-hybridized carbons (Fsp3) is 0.208. The fourth-order valence-corrected chi connectivity index (χ4v) is 3.55. The van der Waals surface area contributed by atoms with Gasteiger partial charge in [0.2, 0.25) is 0 Å². The molecule has 1 aromatic heterocycles. The smallest absolute Gasteiger partial charge is 0.321 e. The van der Waals surface area contributed by atoms with E-state index in [1.165, 1.54) is 5.69 Å². The number of pyridine rings is 1. The van der Waals surface area contributed by atoms with Crippen LogP contribution in [0.2, 0.25) is 0 Å². The van der Waals surface area contributed by atoms with Gasteiger partial charge in [-0.1, -0.05) is 30.3 Å². The highest BCUT2D eigenvalue weighted by molar-refractivity contribution is 6.04. The van der Waals surface area contributed by atoms with E-state index in [-0.39, 0.29) is 11.9 Å². The van der Waals surface area contributed by atoms with Gasteiger partial charge < -0.3 is 20.4 Å². The Kier molecular flexibility index (Phi) is 6.12. The number of nitrogens with one attached hydrogen (secondary N) is 2. The van der Waals surface area contributed by atoms with E-state index in [2.05, 4.69) is 32.7 Å². The third-order valence-electron chi connectivity index (χ3n) is 5.19. The topological polar surface area (TPSA) is 77.6 Å². The maximum absolute atomic E-state index is 12.7. The molecule has 0 unspecified atom stereocenters. The average Bonchev–Trinajstić information content (AvgIpc) is 2.80. The van der Waals surface area contributed by atoms with Gasteiger partial charge in [-0.2, -0.15) is 0 Å². The molecule has 7 heteroatoms. The number of urea groups is 1. The van der Waals surface area contributed by atoms with Crippen LogP contribution in [0.1, 0.15) is 16.1 Å². The van der Waals surface area contributed by atoms with Gasteiger partial charge in [-0.05, 0) is 49.4 Å². The van der Waals surface area contributed by atoms with Crippen molar-refractivity contribution in [2.24, 2.45) is 0 Å². The van der Waals surface area contributed by atoms with Crippen molar-refractivity contribution in [2.75, 3.05) is 41.7 Å². The number of benzene rings is 2. The van der Waals surface area contributed by atoms with Crippen LogP contribution in [0.15, 0.2) is 72.8 Å². The number of para-hydroxylation sites is 1. The lowest BCUT2D eigenvalue weighted by Gasteiger charge is -2.36. The molecular formula is C24H25N5O2. The zero-order chi connectivity index (χ0) is 21.6. The molecule has 0 atom stereocenters. The normalized spacial score (nSPS) is 13.6. The third-order valence-corrected chi connectivity index (χ3v) is 5.19. The minimum Gasteiger partial charge on any atom is -0.368 e. The van der Waals surface area contributed by atoms with Gasteiger partial charge in [0.25, 0.3) is 5.91 Å². The molecule has 0 aliphatic carbocycles. The minimum atomic E-state index is -0.273. The summed E-state index contributed by atoms with van der Waals surface area (Å²) in [5.74, 6) is 0.224. The number of aryl methyl sites for hydroxylation is 1. The molecule has 1 aliphatic rings. The fourth-order valence-electron chi connectivity index (χ4n) is 3.55. The van der Waals surface area contributed by atoms with Gasteiger partial charge in [0.1, 0.15) is 5.82 Å². The number of piperazine rings is 1. The molecular weight excluding hydrogens is 390 g/mol. The summed E-state index contributed by atoms with van der Waals surface area (Å²) in [6.07, 6.45) is 0. The summed E-state index contributed by atoms with van der Waals surface area (Å²) in [6.45, 7) is 4.71. The van der Waals surface area contributed by atoms with E-state index in [1.807, 2.05) is 37.3 Å². The number of hydrogen-bond donors (Lipinski definition) is 2. The number of rotatable bonds is 4. The second-order valence-corrected chi connectivity index (χ2v) is 7.44. The van der Waals surface area contributed by atoms with Crippen molar-refractivity contribution in [3.63, 3.8) is 0 Å². The molecule has 0 radical (unpaired) electrons. The first kappa shape index (κ1) is 20.4. The van der Waals surface area contributed by atoms with Crippen molar-refractivity contribution in [3.8, 4) is 0 Å². The van der Waals surface area contributed by atoms with Crippen molar-refractivity contribution < 1.29 is 9.59 Å². The molecule has 1 aliphatic heterocycles. The lowest BCUT2D eigenvalue weighted by atomic mass is 10.2. The molecule has 31 heavy (non-hydrogen) atoms. The van der Waals surface area contributed by atoms with Crippen LogP contribution in [0.3, 0.4) is 0 Å². The first-order chi connectivity index (χ1) is 15.1. The monoisotopic (exact) mass is 415 g/mol. The molecule has 2 N–H and O–H groups in total. The van der Waals surface area contributed by atoms with Crippen LogP contribution in [-0.4, -0.2) is 48.0 Å². The second kappa shape index (κ2) is 9.30. The van der Waals surface area contributed by atoms with Gasteiger partial charge in [0, 0.05) is 48.8 Å². The number of aromatic nitrogens is 1. The summed E-state index contributed by atoms with van der Waals surface area (Å²) < 4.78 is 0. The lowest BCUT2D eigenvalue weighted by molar-refractivity contribution is 0.102. The molecule has 1 saturated heterocycles. The van der Waals surface area contributed by atoms with Gasteiger partial charge >= 0.3 is 6.03 Å². The largest absolute Gasteiger partial charge is 0.368 e. The van der Waals surface area contributed by atoms with Crippen LogP contribution in [0.25, 0.3) is 0 Å². The van der Waals surface area contributed by atoms with E-state index >= 15 is 0 Å². The SMILES string of the molecule is Cc1cccc(NC(=O)c2cccc(NC(=O)N3CCN(c4ccccc4)CC3)c2)n1. The Labute approximate surface area is 181 Å². The standard InChI is InChI=1S/C24H25N5O2/c1-18-7-5-12-22(25-18)27-23(30)19-8-6-9-20(17-19)26-24(31)29-15-13-28(14-16-29)21-10-3-2-4-11-21/h2-12,17H,13-16H2,1H3,(H,26,31)(H,25,27,30). The highest BCUT2D eigenvalue weighted by Gasteiger charge is 2.21. The summed E-state index contributed by atoms with van der Waals surface area (Å²) in [5, 5.41) is 5.69. The average molecular weight is 415 g/mol. The van der Waals surface area contributed by atoms with Crippen LogP contribution >= 0.6 is 0 Å². The van der Waals surface area contributed by atoms with Crippen molar-refractivity contribution in [1.82, 2.24) is 9.88 Å². The highest BCUT2D eigenvalue weighted by Crippen LogP contribution is 2.17. The third kappa shape index (κ3) is 5.19. The van der Waals surface area contributed by atoms with E-state index in [4.69, 9.17) is 0 Å². The van der Waals surface area contributed by atoms with E-state index in [9.17, 15) is 9.59 Å². The predicted octanol–water partition coefficient (Wildman–Crippen LogP) is 4.00. The van der Waals surface area contributed by atoms with Crippen LogP contribution in [0.4, 0.5) is 22.0 Å². The Balaban J connectivity index is 1.34. The molecule has 1 fully saturated rings. The molecule has 3 aromatic rings. The summed E-state index contributed by atoms with van der Waals surface area (Å²) in [6, 6.07) is 22.4. The summed E-state index contributed by atoms with van der Waals surface area (Å²) in [4.78, 5) is 33.6. The number of carbonyl (C=O) groups excluding carboxylic acids is 2. The zero-order valence-electron chi connectivity index (χ0n) is 17.4. The van der Waals surface area contributed by atoms with Gasteiger partial charge in [-0.3, -0.25) is 4.79 Å². The van der Waals surface area contributed by atoms with Crippen molar-refractivity contribution in [2.45, 2.75) is 6.92 Å². The van der Waals surface area contributed by atoms with E-state index in [0.717, 1.165) is 18.8 Å². The van der Waals surface area contributed by atoms with Crippen molar-refractivity contribution in [3.05, 3.63) is 84.1 Å². The first-order valence-corrected chi connectivity index (χ1v) is 10.3. The summed E-state index contributed by atoms with van der Waals surface area (Å²) in [5.41, 5.74) is 3.03. The second-order valence-electron chi connectivity index (χ2n) is 7.44. The van der Waals surface area contributed by atoms with Gasteiger partial charge in [-0.15, -0.1) is 0 Å².